The van der Waals surface area contributed by atoms with E-state index in [-0.39, 0.29) is 35.8 Å². The number of carbonyl (C=O) groups is 3. The third-order valence-electron chi connectivity index (χ3n) is 6.93. The molecule has 1 aromatic carbocycles. The van der Waals surface area contributed by atoms with Crippen molar-refractivity contribution in [1.29, 1.82) is 0 Å². The Hall–Kier alpha value is -4.02. The molecule has 4 rings (SSSR count). The van der Waals surface area contributed by atoms with Crippen LogP contribution >= 0.6 is 0 Å². The highest BCUT2D eigenvalue weighted by atomic mass is 16.5. The zero-order valence-electron chi connectivity index (χ0n) is 24.6. The maximum Gasteiger partial charge on any atom is 0.292 e. The minimum Gasteiger partial charge on any atom is -0.351 e. The van der Waals surface area contributed by atoms with Crippen LogP contribution in [0.25, 0.3) is 11.4 Å². The molecule has 0 spiro atoms. The Morgan fingerprint density at radius 1 is 1.05 bits per heavy atom. The molecule has 11 heteroatoms. The number of benzene rings is 1. The number of nitrogens with zero attached hydrogens (tertiary/aromatic N) is 5. The molecule has 3 aromatic rings. The summed E-state index contributed by atoms with van der Waals surface area (Å²) in [6.07, 6.45) is 1.82. The Morgan fingerprint density at radius 3 is 2.51 bits per heavy atom. The van der Waals surface area contributed by atoms with Crippen molar-refractivity contribution < 1.29 is 18.9 Å². The molecule has 0 saturated heterocycles. The molecule has 0 radical (unpaired) electrons. The normalized spacial score (nSPS) is 19.0. The average Bonchev–Trinajstić information content (AvgIpc) is 3.56. The molecule has 0 saturated carbocycles. The fourth-order valence-electron chi connectivity index (χ4n) is 4.94. The van der Waals surface area contributed by atoms with Crippen molar-refractivity contribution in [3.63, 3.8) is 0 Å². The highest BCUT2D eigenvalue weighted by Gasteiger charge is 2.28. The maximum absolute atomic E-state index is 13.5. The molecular weight excluding hydrogens is 522 g/mol. The van der Waals surface area contributed by atoms with Gasteiger partial charge >= 0.3 is 0 Å². The lowest BCUT2D eigenvalue weighted by atomic mass is 10.0. The van der Waals surface area contributed by atoms with E-state index in [1.54, 1.807) is 15.6 Å². The monoisotopic (exact) mass is 563 g/mol. The fraction of sp³-hybridized carbons (Fsp3) is 0.533. The minimum atomic E-state index is -0.677. The van der Waals surface area contributed by atoms with Crippen molar-refractivity contribution in [2.75, 3.05) is 13.1 Å². The third kappa shape index (κ3) is 8.02. The van der Waals surface area contributed by atoms with Gasteiger partial charge in [0.15, 0.2) is 5.82 Å². The first kappa shape index (κ1) is 30.0. The summed E-state index contributed by atoms with van der Waals surface area (Å²) >= 11 is 0. The number of hydrogen-bond acceptors (Lipinski definition) is 7. The fourth-order valence-corrected chi connectivity index (χ4v) is 4.94. The van der Waals surface area contributed by atoms with Crippen LogP contribution < -0.4 is 10.6 Å². The van der Waals surface area contributed by atoms with Crippen LogP contribution in [0.15, 0.2) is 40.9 Å². The van der Waals surface area contributed by atoms with E-state index in [9.17, 15) is 14.4 Å². The van der Waals surface area contributed by atoms with Crippen LogP contribution in [0.5, 0.6) is 0 Å². The average molecular weight is 564 g/mol. The van der Waals surface area contributed by atoms with Crippen LogP contribution in [-0.2, 0) is 22.6 Å². The van der Waals surface area contributed by atoms with Crippen molar-refractivity contribution >= 4 is 17.7 Å². The number of amides is 3. The molecule has 220 valence electrons. The number of fused-ring (bicyclic) bond motifs is 1. The van der Waals surface area contributed by atoms with Gasteiger partial charge < -0.3 is 20.1 Å². The molecule has 0 fully saturated rings. The van der Waals surface area contributed by atoms with Gasteiger partial charge in [-0.15, -0.1) is 0 Å². The molecule has 41 heavy (non-hydrogen) atoms. The Bertz CT molecular complexity index is 1330. The predicted octanol–water partition coefficient (Wildman–Crippen LogP) is 3.78. The molecule has 0 bridgehead atoms. The quantitative estimate of drug-likeness (QED) is 0.466. The van der Waals surface area contributed by atoms with Gasteiger partial charge in [0.2, 0.25) is 17.6 Å². The van der Waals surface area contributed by atoms with Crippen molar-refractivity contribution in [2.24, 2.45) is 11.8 Å². The highest BCUT2D eigenvalue weighted by Crippen LogP contribution is 2.20. The van der Waals surface area contributed by atoms with E-state index < -0.39 is 12.1 Å². The van der Waals surface area contributed by atoms with Gasteiger partial charge in [-0.05, 0) is 38.0 Å². The van der Waals surface area contributed by atoms with E-state index in [0.717, 1.165) is 11.3 Å². The summed E-state index contributed by atoms with van der Waals surface area (Å²) in [5, 5.41) is 14.8. The molecule has 3 heterocycles. The lowest BCUT2D eigenvalue weighted by molar-refractivity contribution is -0.129. The first-order chi connectivity index (χ1) is 19.6. The van der Waals surface area contributed by atoms with Crippen LogP contribution in [0.2, 0.25) is 0 Å². The number of carbonyl (C=O) groups excluding carboxylic acids is 3. The second-order valence-electron chi connectivity index (χ2n) is 11.5. The van der Waals surface area contributed by atoms with Crippen LogP contribution in [0.4, 0.5) is 0 Å². The Balaban J connectivity index is 1.65. The summed E-state index contributed by atoms with van der Waals surface area (Å²) in [4.78, 5) is 46.1. The van der Waals surface area contributed by atoms with Crippen LogP contribution in [0.1, 0.15) is 82.0 Å². The first-order valence-electron chi connectivity index (χ1n) is 14.5. The van der Waals surface area contributed by atoms with Crippen molar-refractivity contribution in [2.45, 2.75) is 78.9 Å². The summed E-state index contributed by atoms with van der Waals surface area (Å²) in [6, 6.07) is 10.2. The summed E-state index contributed by atoms with van der Waals surface area (Å²) in [5.41, 5.74) is 1.58. The Morgan fingerprint density at radius 2 is 1.80 bits per heavy atom. The molecular formula is C30H41N7O4. The molecule has 1 aliphatic heterocycles. The molecule has 3 amide bonds. The van der Waals surface area contributed by atoms with Gasteiger partial charge in [0, 0.05) is 31.1 Å². The molecule has 11 nitrogen and oxygen atoms in total. The molecule has 0 aliphatic carbocycles. The largest absolute Gasteiger partial charge is 0.351 e. The van der Waals surface area contributed by atoms with Gasteiger partial charge in [0.1, 0.15) is 11.9 Å². The second kappa shape index (κ2) is 13.6. The molecule has 0 unspecified atom stereocenters. The minimum absolute atomic E-state index is 0.174. The summed E-state index contributed by atoms with van der Waals surface area (Å²) in [6.45, 7) is 11.0. The van der Waals surface area contributed by atoms with Gasteiger partial charge in [-0.25, -0.2) is 9.67 Å². The van der Waals surface area contributed by atoms with Crippen molar-refractivity contribution in [3.8, 4) is 11.4 Å². The summed E-state index contributed by atoms with van der Waals surface area (Å²) in [5.74, 6) is 1.08. The van der Waals surface area contributed by atoms with Crippen LogP contribution in [0, 0.1) is 11.8 Å². The van der Waals surface area contributed by atoms with Gasteiger partial charge in [-0.2, -0.15) is 5.10 Å². The van der Waals surface area contributed by atoms with Crippen LogP contribution in [-0.4, -0.2) is 61.7 Å². The highest BCUT2D eigenvalue weighted by molar-refractivity contribution is 5.91. The standard InChI is InChI=1S/C30H41N7O4/c1-19(2)16-23-18-25(41-35-23)30(40)36-13-9-12-26(38)32-24(17-20(3)4)29(39)31-21(5)28-33-27(34-37(28)15-14-36)22-10-7-6-8-11-22/h6-8,10-11,18-21,24H,9,12-17H2,1-5H3,(H,31,39)(H,32,38)/t21-,24-/m1/s1. The molecule has 1 aliphatic rings. The van der Waals surface area contributed by atoms with Crippen molar-refractivity contribution in [1.82, 2.24) is 35.5 Å². The Kier molecular flexibility index (Phi) is 9.91. The van der Waals surface area contributed by atoms with Gasteiger partial charge in [0.25, 0.3) is 5.91 Å². The first-order valence-corrected chi connectivity index (χ1v) is 14.5. The van der Waals surface area contributed by atoms with Crippen molar-refractivity contribution in [3.05, 3.63) is 53.7 Å². The smallest absolute Gasteiger partial charge is 0.292 e. The topological polar surface area (TPSA) is 135 Å². The van der Waals surface area contributed by atoms with E-state index in [4.69, 9.17) is 14.6 Å². The molecule has 2 N–H and O–H groups in total. The number of aromatic nitrogens is 4. The van der Waals surface area contributed by atoms with E-state index >= 15 is 0 Å². The third-order valence-corrected chi connectivity index (χ3v) is 6.93. The van der Waals surface area contributed by atoms with Crippen LogP contribution in [0.3, 0.4) is 0 Å². The Labute approximate surface area is 241 Å². The number of hydrogen-bond donors (Lipinski definition) is 2. The number of rotatable bonds is 6. The van der Waals surface area contributed by atoms with E-state index in [2.05, 4.69) is 29.6 Å². The maximum atomic E-state index is 13.5. The molecule has 2 aromatic heterocycles. The molecule has 2 atom stereocenters. The zero-order valence-corrected chi connectivity index (χ0v) is 24.6. The van der Waals surface area contributed by atoms with E-state index in [1.165, 1.54) is 0 Å². The number of nitrogens with one attached hydrogen (secondary N) is 2. The lowest BCUT2D eigenvalue weighted by Crippen LogP contribution is -2.48. The van der Waals surface area contributed by atoms with Gasteiger partial charge in [-0.1, -0.05) is 63.2 Å². The predicted molar refractivity (Wildman–Crippen MR) is 154 cm³/mol. The lowest BCUT2D eigenvalue weighted by Gasteiger charge is -2.25. The van der Waals surface area contributed by atoms with E-state index in [1.807, 2.05) is 51.1 Å². The SMILES string of the molecule is CC(C)Cc1cc(C(=O)N2CCCC(=O)N[C@H](CC(C)C)C(=O)N[C@H](C)c3nc(-c4ccccc4)nn3CC2)on1. The van der Waals surface area contributed by atoms with E-state index in [0.29, 0.717) is 56.5 Å². The van der Waals surface area contributed by atoms with Gasteiger partial charge in [0.05, 0.1) is 18.3 Å². The summed E-state index contributed by atoms with van der Waals surface area (Å²) in [7, 11) is 0. The second-order valence-corrected chi connectivity index (χ2v) is 11.5. The summed E-state index contributed by atoms with van der Waals surface area (Å²) < 4.78 is 7.17. The zero-order chi connectivity index (χ0) is 29.5. The van der Waals surface area contributed by atoms with Gasteiger partial charge in [-0.3, -0.25) is 14.4 Å².